The highest BCUT2D eigenvalue weighted by Crippen LogP contribution is 2.12. The van der Waals surface area contributed by atoms with E-state index in [0.29, 0.717) is 6.42 Å². The topological polar surface area (TPSA) is 69.6 Å². The Morgan fingerprint density at radius 2 is 1.05 bits per heavy atom. The van der Waals surface area contributed by atoms with Crippen molar-refractivity contribution in [2.75, 3.05) is 6.61 Å². The third-order valence-corrected chi connectivity index (χ3v) is 7.33. The van der Waals surface area contributed by atoms with Crippen LogP contribution in [-0.2, 0) is 4.79 Å². The average Bonchev–Trinajstić information content (AvgIpc) is 2.94. The summed E-state index contributed by atoms with van der Waals surface area (Å²) in [5.74, 6) is -0.0886. The van der Waals surface area contributed by atoms with Crippen LogP contribution in [0.2, 0.25) is 0 Å². The van der Waals surface area contributed by atoms with E-state index in [-0.39, 0.29) is 12.5 Å². The van der Waals surface area contributed by atoms with Gasteiger partial charge < -0.3 is 15.5 Å². The highest BCUT2D eigenvalue weighted by Gasteiger charge is 2.17. The molecule has 1 amide bonds. The van der Waals surface area contributed by atoms with Crippen LogP contribution in [0.3, 0.4) is 0 Å². The number of rotatable bonds is 29. The second-order valence-electron chi connectivity index (χ2n) is 11.2. The minimum atomic E-state index is -0.861. The molecule has 0 saturated carbocycles. The molecule has 0 aromatic carbocycles. The molecule has 39 heavy (non-hydrogen) atoms. The van der Waals surface area contributed by atoms with E-state index in [9.17, 15) is 15.0 Å². The summed E-state index contributed by atoms with van der Waals surface area (Å²) in [6, 6.07) is -0.639. The molecule has 0 spiro atoms. The summed E-state index contributed by atoms with van der Waals surface area (Å²) < 4.78 is 0. The van der Waals surface area contributed by atoms with Crippen molar-refractivity contribution in [3.63, 3.8) is 0 Å². The van der Waals surface area contributed by atoms with E-state index in [2.05, 4.69) is 43.5 Å². The first-order valence-corrected chi connectivity index (χ1v) is 16.7. The summed E-state index contributed by atoms with van der Waals surface area (Å²) in [5.41, 5.74) is 0. The monoisotopic (exact) mass is 547 g/mol. The number of carbonyl (C=O) groups is 1. The molecule has 0 aliphatic carbocycles. The molecule has 0 heterocycles. The van der Waals surface area contributed by atoms with Gasteiger partial charge in [-0.2, -0.15) is 0 Å². The smallest absolute Gasteiger partial charge is 0.220 e. The standard InChI is InChI=1S/C35H65NO3/c1-3-5-7-9-11-13-15-16-17-18-19-20-21-22-24-26-28-30-34(38)33(32-37)36-35(39)31-29-27-25-23-14-12-10-8-6-4-2/h8,10,21-22,28,30,33-34,37-38H,3-7,9,11-20,23-27,29,31-32H2,1-2H3,(H,36,39)/b10-8-,22-21+,30-28+. The summed E-state index contributed by atoms with van der Waals surface area (Å²) in [4.78, 5) is 12.2. The van der Waals surface area contributed by atoms with Gasteiger partial charge in [0.1, 0.15) is 0 Å². The number of amides is 1. The normalized spacial score (nSPS) is 13.6. The van der Waals surface area contributed by atoms with Gasteiger partial charge in [0.25, 0.3) is 0 Å². The van der Waals surface area contributed by atoms with Gasteiger partial charge in [0.15, 0.2) is 0 Å². The Balaban J connectivity index is 3.71. The predicted octanol–water partition coefficient (Wildman–Crippen LogP) is 9.51. The van der Waals surface area contributed by atoms with Gasteiger partial charge in [0.2, 0.25) is 5.91 Å². The maximum absolute atomic E-state index is 12.2. The number of aliphatic hydroxyl groups excluding tert-OH is 2. The van der Waals surface area contributed by atoms with Crippen LogP contribution in [0.15, 0.2) is 36.5 Å². The fraction of sp³-hybridized carbons (Fsp3) is 0.800. The van der Waals surface area contributed by atoms with E-state index in [1.54, 1.807) is 6.08 Å². The Kier molecular flexibility index (Phi) is 30.0. The van der Waals surface area contributed by atoms with E-state index >= 15 is 0 Å². The number of aliphatic hydroxyl groups is 2. The number of nitrogens with one attached hydrogen (secondary N) is 1. The van der Waals surface area contributed by atoms with Crippen LogP contribution in [0.25, 0.3) is 0 Å². The Hall–Kier alpha value is -1.39. The summed E-state index contributed by atoms with van der Waals surface area (Å²) in [5, 5.41) is 22.7. The molecule has 4 nitrogen and oxygen atoms in total. The quantitative estimate of drug-likeness (QED) is 0.0645. The highest BCUT2D eigenvalue weighted by atomic mass is 16.3. The first-order chi connectivity index (χ1) is 19.2. The molecule has 2 unspecified atom stereocenters. The third-order valence-electron chi connectivity index (χ3n) is 7.33. The van der Waals surface area contributed by atoms with Crippen LogP contribution < -0.4 is 5.32 Å². The van der Waals surface area contributed by atoms with Crippen molar-refractivity contribution >= 4 is 5.91 Å². The zero-order valence-electron chi connectivity index (χ0n) is 25.9. The summed E-state index contributed by atoms with van der Waals surface area (Å²) in [7, 11) is 0. The van der Waals surface area contributed by atoms with E-state index in [0.717, 1.165) is 44.9 Å². The van der Waals surface area contributed by atoms with Gasteiger partial charge in [0, 0.05) is 6.42 Å². The molecular weight excluding hydrogens is 482 g/mol. The number of allylic oxidation sites excluding steroid dienone is 5. The molecule has 4 heteroatoms. The van der Waals surface area contributed by atoms with Gasteiger partial charge in [-0.1, -0.05) is 140 Å². The lowest BCUT2D eigenvalue weighted by atomic mass is 10.1. The number of carbonyl (C=O) groups excluding carboxylic acids is 1. The fourth-order valence-corrected chi connectivity index (χ4v) is 4.72. The number of hydrogen-bond acceptors (Lipinski definition) is 3. The van der Waals surface area contributed by atoms with E-state index in [1.165, 1.54) is 96.3 Å². The van der Waals surface area contributed by atoms with Gasteiger partial charge in [-0.05, 0) is 51.4 Å². The minimum absolute atomic E-state index is 0.0886. The molecule has 0 saturated heterocycles. The van der Waals surface area contributed by atoms with Crippen molar-refractivity contribution in [1.29, 1.82) is 0 Å². The largest absolute Gasteiger partial charge is 0.394 e. The molecule has 0 fully saturated rings. The Bertz CT molecular complexity index is 599. The van der Waals surface area contributed by atoms with E-state index in [4.69, 9.17) is 0 Å². The SMILES string of the molecule is CCC/C=C\CCCCCCCC(=O)NC(CO)C(O)/C=C/CC/C=C/CCCCCCCCCCCCC. The zero-order chi connectivity index (χ0) is 28.7. The van der Waals surface area contributed by atoms with Gasteiger partial charge in [-0.3, -0.25) is 4.79 Å². The maximum Gasteiger partial charge on any atom is 0.220 e. The molecule has 0 rings (SSSR count). The van der Waals surface area contributed by atoms with Crippen LogP contribution >= 0.6 is 0 Å². The van der Waals surface area contributed by atoms with Crippen LogP contribution in [0, 0.1) is 0 Å². The summed E-state index contributed by atoms with van der Waals surface area (Å²) in [6.07, 6.45) is 39.4. The Morgan fingerprint density at radius 3 is 1.59 bits per heavy atom. The summed E-state index contributed by atoms with van der Waals surface area (Å²) >= 11 is 0. The first kappa shape index (κ1) is 37.6. The maximum atomic E-state index is 12.2. The van der Waals surface area contributed by atoms with E-state index < -0.39 is 12.1 Å². The lowest BCUT2D eigenvalue weighted by Gasteiger charge is -2.19. The van der Waals surface area contributed by atoms with Crippen LogP contribution in [-0.4, -0.2) is 34.9 Å². The molecule has 0 aromatic rings. The molecule has 3 N–H and O–H groups in total. The lowest BCUT2D eigenvalue weighted by Crippen LogP contribution is -2.45. The minimum Gasteiger partial charge on any atom is -0.394 e. The Morgan fingerprint density at radius 1 is 0.590 bits per heavy atom. The number of unbranched alkanes of at least 4 members (excludes halogenated alkanes) is 18. The highest BCUT2D eigenvalue weighted by molar-refractivity contribution is 5.76. The molecule has 2 atom stereocenters. The second kappa shape index (κ2) is 31.1. The van der Waals surface area contributed by atoms with Gasteiger partial charge in [-0.15, -0.1) is 0 Å². The van der Waals surface area contributed by atoms with Crippen LogP contribution in [0.5, 0.6) is 0 Å². The molecule has 0 aliphatic rings. The van der Waals surface area contributed by atoms with Crippen LogP contribution in [0.1, 0.15) is 162 Å². The van der Waals surface area contributed by atoms with Crippen molar-refractivity contribution < 1.29 is 15.0 Å². The first-order valence-electron chi connectivity index (χ1n) is 16.7. The molecule has 0 radical (unpaired) electrons. The molecule has 0 aliphatic heterocycles. The van der Waals surface area contributed by atoms with Crippen molar-refractivity contribution in [3.8, 4) is 0 Å². The predicted molar refractivity (Wildman–Crippen MR) is 170 cm³/mol. The molecule has 228 valence electrons. The van der Waals surface area contributed by atoms with Gasteiger partial charge in [0.05, 0.1) is 18.8 Å². The van der Waals surface area contributed by atoms with Crippen molar-refractivity contribution in [1.82, 2.24) is 5.32 Å². The third kappa shape index (κ3) is 28.0. The average molecular weight is 548 g/mol. The van der Waals surface area contributed by atoms with Gasteiger partial charge in [-0.25, -0.2) is 0 Å². The summed E-state index contributed by atoms with van der Waals surface area (Å²) in [6.45, 7) is 4.21. The molecule has 0 bridgehead atoms. The Labute approximate surface area is 242 Å². The van der Waals surface area contributed by atoms with Crippen molar-refractivity contribution in [2.24, 2.45) is 0 Å². The lowest BCUT2D eigenvalue weighted by molar-refractivity contribution is -0.123. The zero-order valence-corrected chi connectivity index (χ0v) is 25.9. The molecule has 0 aromatic heterocycles. The van der Waals surface area contributed by atoms with Crippen molar-refractivity contribution in [3.05, 3.63) is 36.5 Å². The fourth-order valence-electron chi connectivity index (χ4n) is 4.72. The van der Waals surface area contributed by atoms with Crippen LogP contribution in [0.4, 0.5) is 0 Å². The van der Waals surface area contributed by atoms with Crippen molar-refractivity contribution in [2.45, 2.75) is 174 Å². The van der Waals surface area contributed by atoms with Gasteiger partial charge >= 0.3 is 0 Å². The number of hydrogen-bond donors (Lipinski definition) is 3. The second-order valence-corrected chi connectivity index (χ2v) is 11.2. The molecular formula is C35H65NO3. The van der Waals surface area contributed by atoms with E-state index in [1.807, 2.05) is 6.08 Å².